The molecule has 0 bridgehead atoms. The molecule has 0 aliphatic heterocycles. The molecule has 1 fully saturated rings. The van der Waals surface area contributed by atoms with Gasteiger partial charge in [-0.25, -0.2) is 4.99 Å². The third-order valence-corrected chi connectivity index (χ3v) is 4.03. The molecule has 0 aromatic rings. The molecule has 0 spiro atoms. The molecule has 0 aromatic heterocycles. The summed E-state index contributed by atoms with van der Waals surface area (Å²) in [5.74, 6) is 0.646. The number of carbonyl (C=O) groups excluding carboxylic acids is 1. The van der Waals surface area contributed by atoms with E-state index in [4.69, 9.17) is 4.74 Å². The Labute approximate surface area is 134 Å². The first-order valence-electron chi connectivity index (χ1n) is 8.27. The lowest BCUT2D eigenvalue weighted by Gasteiger charge is -2.35. The van der Waals surface area contributed by atoms with Crippen LogP contribution < -0.4 is 16.0 Å². The molecular weight excluding hydrogens is 280 g/mol. The van der Waals surface area contributed by atoms with Crippen molar-refractivity contribution in [2.75, 3.05) is 33.4 Å². The summed E-state index contributed by atoms with van der Waals surface area (Å²) in [5, 5.41) is 9.43. The number of guanidine groups is 1. The van der Waals surface area contributed by atoms with Gasteiger partial charge in [0.25, 0.3) is 0 Å². The van der Waals surface area contributed by atoms with Crippen molar-refractivity contribution in [3.05, 3.63) is 0 Å². The van der Waals surface area contributed by atoms with E-state index in [1.165, 1.54) is 12.8 Å². The van der Waals surface area contributed by atoms with Crippen molar-refractivity contribution < 1.29 is 9.53 Å². The number of nitrogens with one attached hydrogen (secondary N) is 3. The van der Waals surface area contributed by atoms with Gasteiger partial charge >= 0.3 is 0 Å². The van der Waals surface area contributed by atoms with Gasteiger partial charge in [-0.2, -0.15) is 0 Å². The van der Waals surface area contributed by atoms with E-state index < -0.39 is 0 Å². The topological polar surface area (TPSA) is 74.8 Å². The Kier molecular flexibility index (Phi) is 8.24. The molecule has 0 unspecified atom stereocenters. The second kappa shape index (κ2) is 9.66. The van der Waals surface area contributed by atoms with Crippen molar-refractivity contribution >= 4 is 11.9 Å². The van der Waals surface area contributed by atoms with E-state index in [0.29, 0.717) is 24.6 Å². The van der Waals surface area contributed by atoms with Crippen LogP contribution in [0.15, 0.2) is 4.99 Å². The monoisotopic (exact) mass is 312 g/mol. The van der Waals surface area contributed by atoms with E-state index in [9.17, 15) is 4.79 Å². The van der Waals surface area contributed by atoms with E-state index in [1.807, 2.05) is 6.92 Å². The molecule has 1 aliphatic rings. The van der Waals surface area contributed by atoms with Crippen LogP contribution in [0, 0.1) is 5.41 Å². The fourth-order valence-electron chi connectivity index (χ4n) is 2.56. The highest BCUT2D eigenvalue weighted by Crippen LogP contribution is 2.34. The Morgan fingerprint density at radius 2 is 1.95 bits per heavy atom. The van der Waals surface area contributed by atoms with Gasteiger partial charge in [-0.3, -0.25) is 4.79 Å². The average Bonchev–Trinajstić information content (AvgIpc) is 2.47. The van der Waals surface area contributed by atoms with Crippen molar-refractivity contribution in [2.45, 2.75) is 52.5 Å². The van der Waals surface area contributed by atoms with Gasteiger partial charge in [0.05, 0.1) is 6.61 Å². The lowest BCUT2D eigenvalue weighted by atomic mass is 9.75. The number of hydrogen-bond acceptors (Lipinski definition) is 3. The second-order valence-electron chi connectivity index (χ2n) is 6.62. The Morgan fingerprint density at radius 1 is 1.27 bits per heavy atom. The molecule has 1 rings (SSSR count). The minimum absolute atomic E-state index is 0.0842. The summed E-state index contributed by atoms with van der Waals surface area (Å²) in [6.07, 6.45) is 4.75. The zero-order valence-electron chi connectivity index (χ0n) is 14.5. The minimum Gasteiger partial charge on any atom is -0.383 e. The molecule has 0 aromatic carbocycles. The SMILES string of the molecule is CCNC(=NCC(=O)NCCOC)NC1CCC(C)(C)CC1. The lowest BCUT2D eigenvalue weighted by Crippen LogP contribution is -2.46. The quantitative estimate of drug-likeness (QED) is 0.376. The van der Waals surface area contributed by atoms with Gasteiger partial charge in [0.15, 0.2) is 5.96 Å². The highest BCUT2D eigenvalue weighted by molar-refractivity contribution is 5.85. The van der Waals surface area contributed by atoms with Crippen LogP contribution >= 0.6 is 0 Å². The van der Waals surface area contributed by atoms with Crippen LogP contribution in [-0.2, 0) is 9.53 Å². The third kappa shape index (κ3) is 7.64. The maximum absolute atomic E-state index is 11.7. The predicted molar refractivity (Wildman–Crippen MR) is 90.0 cm³/mol. The summed E-state index contributed by atoms with van der Waals surface area (Å²) in [6.45, 7) is 8.64. The summed E-state index contributed by atoms with van der Waals surface area (Å²) in [5.41, 5.74) is 0.453. The fourth-order valence-corrected chi connectivity index (χ4v) is 2.56. The number of ether oxygens (including phenoxy) is 1. The van der Waals surface area contributed by atoms with E-state index in [2.05, 4.69) is 34.8 Å². The molecule has 1 amide bonds. The van der Waals surface area contributed by atoms with Gasteiger partial charge in [-0.05, 0) is 38.0 Å². The number of carbonyl (C=O) groups is 1. The highest BCUT2D eigenvalue weighted by Gasteiger charge is 2.27. The molecule has 22 heavy (non-hydrogen) atoms. The number of hydrogen-bond donors (Lipinski definition) is 3. The molecule has 1 saturated carbocycles. The molecule has 3 N–H and O–H groups in total. The molecule has 128 valence electrons. The molecule has 0 heterocycles. The number of methoxy groups -OCH3 is 1. The first-order chi connectivity index (χ1) is 10.5. The first kappa shape index (κ1) is 18.7. The van der Waals surface area contributed by atoms with Crippen LogP contribution in [0.3, 0.4) is 0 Å². The van der Waals surface area contributed by atoms with E-state index in [1.54, 1.807) is 7.11 Å². The van der Waals surface area contributed by atoms with Gasteiger partial charge in [-0.15, -0.1) is 0 Å². The molecule has 0 atom stereocenters. The standard InChI is InChI=1S/C16H32N4O2/c1-5-17-15(19-12-14(21)18-10-11-22-4)20-13-6-8-16(2,3)9-7-13/h13H,5-12H2,1-4H3,(H,18,21)(H2,17,19,20). The van der Waals surface area contributed by atoms with Crippen molar-refractivity contribution in [2.24, 2.45) is 10.4 Å². The van der Waals surface area contributed by atoms with Crippen LogP contribution in [0.25, 0.3) is 0 Å². The third-order valence-electron chi connectivity index (χ3n) is 4.03. The number of rotatable bonds is 7. The van der Waals surface area contributed by atoms with Gasteiger partial charge < -0.3 is 20.7 Å². The van der Waals surface area contributed by atoms with E-state index in [0.717, 1.165) is 25.3 Å². The number of aliphatic imine (C=N–C) groups is 1. The van der Waals surface area contributed by atoms with Crippen molar-refractivity contribution in [3.8, 4) is 0 Å². The first-order valence-corrected chi connectivity index (χ1v) is 8.27. The van der Waals surface area contributed by atoms with Crippen molar-refractivity contribution in [1.29, 1.82) is 0 Å². The summed E-state index contributed by atoms with van der Waals surface area (Å²) in [4.78, 5) is 16.0. The van der Waals surface area contributed by atoms with Gasteiger partial charge in [0, 0.05) is 26.2 Å². The van der Waals surface area contributed by atoms with Gasteiger partial charge in [0.1, 0.15) is 6.54 Å². The minimum atomic E-state index is -0.0842. The molecule has 6 nitrogen and oxygen atoms in total. The fraction of sp³-hybridized carbons (Fsp3) is 0.875. The van der Waals surface area contributed by atoms with Crippen molar-refractivity contribution in [3.63, 3.8) is 0 Å². The Bertz CT molecular complexity index is 359. The predicted octanol–water partition coefficient (Wildman–Crippen LogP) is 1.27. The smallest absolute Gasteiger partial charge is 0.241 e. The highest BCUT2D eigenvalue weighted by atomic mass is 16.5. The van der Waals surface area contributed by atoms with Crippen molar-refractivity contribution in [1.82, 2.24) is 16.0 Å². The summed E-state index contributed by atoms with van der Waals surface area (Å²) in [7, 11) is 1.61. The van der Waals surface area contributed by atoms with Crippen LogP contribution in [0.5, 0.6) is 0 Å². The summed E-state index contributed by atoms with van der Waals surface area (Å²) in [6, 6.07) is 0.447. The zero-order chi connectivity index (χ0) is 16.4. The Balaban J connectivity index is 2.40. The molecule has 0 saturated heterocycles. The zero-order valence-corrected chi connectivity index (χ0v) is 14.5. The second-order valence-corrected chi connectivity index (χ2v) is 6.62. The van der Waals surface area contributed by atoms with Crippen LogP contribution in [-0.4, -0.2) is 51.3 Å². The molecule has 6 heteroatoms. The van der Waals surface area contributed by atoms with Crippen LogP contribution in [0.2, 0.25) is 0 Å². The van der Waals surface area contributed by atoms with E-state index >= 15 is 0 Å². The Hall–Kier alpha value is -1.30. The van der Waals surface area contributed by atoms with Gasteiger partial charge in [0.2, 0.25) is 5.91 Å². The maximum atomic E-state index is 11.7. The van der Waals surface area contributed by atoms with Crippen LogP contribution in [0.1, 0.15) is 46.5 Å². The Morgan fingerprint density at radius 3 is 2.55 bits per heavy atom. The lowest BCUT2D eigenvalue weighted by molar-refractivity contribution is -0.119. The number of nitrogens with zero attached hydrogens (tertiary/aromatic N) is 1. The maximum Gasteiger partial charge on any atom is 0.241 e. The molecule has 0 radical (unpaired) electrons. The van der Waals surface area contributed by atoms with Crippen LogP contribution in [0.4, 0.5) is 0 Å². The van der Waals surface area contributed by atoms with E-state index in [-0.39, 0.29) is 12.5 Å². The normalized spacial score (nSPS) is 18.8. The molecular formula is C16H32N4O2. The average molecular weight is 312 g/mol. The molecule has 1 aliphatic carbocycles. The van der Waals surface area contributed by atoms with Gasteiger partial charge in [-0.1, -0.05) is 13.8 Å². The summed E-state index contributed by atoms with van der Waals surface area (Å²) >= 11 is 0. The number of amides is 1. The summed E-state index contributed by atoms with van der Waals surface area (Å²) < 4.78 is 4.90. The largest absolute Gasteiger partial charge is 0.383 e.